The second kappa shape index (κ2) is 4.24. The van der Waals surface area contributed by atoms with Gasteiger partial charge in [-0.1, -0.05) is 6.07 Å². The predicted molar refractivity (Wildman–Crippen MR) is 67.8 cm³/mol. The highest BCUT2D eigenvalue weighted by Gasteiger charge is 2.49. The lowest BCUT2D eigenvalue weighted by molar-refractivity contribution is -0.143. The first kappa shape index (κ1) is 12.0. The third-order valence-electron chi connectivity index (χ3n) is 3.59. The van der Waals surface area contributed by atoms with E-state index in [1.165, 1.54) is 0 Å². The number of hydrogen-bond acceptors (Lipinski definition) is 4. The molecule has 0 aliphatic heterocycles. The van der Waals surface area contributed by atoms with Gasteiger partial charge < -0.3 is 14.8 Å². The Balaban J connectivity index is 1.65. The number of benzene rings is 1. The Bertz CT molecular complexity index is 681. The fourth-order valence-corrected chi connectivity index (χ4v) is 2.16. The van der Waals surface area contributed by atoms with Crippen LogP contribution in [-0.2, 0) is 11.3 Å². The number of aromatic nitrogens is 1. The molecule has 1 heterocycles. The molecule has 1 aromatic heterocycles. The first-order valence-corrected chi connectivity index (χ1v) is 6.15. The van der Waals surface area contributed by atoms with Crippen LogP contribution in [0.15, 0.2) is 27.4 Å². The molecule has 19 heavy (non-hydrogen) atoms. The Morgan fingerprint density at radius 3 is 2.95 bits per heavy atom. The first-order chi connectivity index (χ1) is 9.09. The maximum Gasteiger partial charge on any atom is 0.417 e. The summed E-state index contributed by atoms with van der Waals surface area (Å²) in [6.45, 7) is 1.03. The van der Waals surface area contributed by atoms with Crippen LogP contribution >= 0.6 is 0 Å². The van der Waals surface area contributed by atoms with Crippen molar-refractivity contribution in [3.05, 3.63) is 34.3 Å². The van der Waals surface area contributed by atoms with Gasteiger partial charge in [-0.3, -0.25) is 9.78 Å². The molecule has 1 aliphatic rings. The zero-order chi connectivity index (χ0) is 13.5. The Morgan fingerprint density at radius 1 is 1.47 bits per heavy atom. The molecule has 0 bridgehead atoms. The van der Waals surface area contributed by atoms with Crippen molar-refractivity contribution in [2.45, 2.75) is 19.4 Å². The van der Waals surface area contributed by atoms with Crippen LogP contribution in [0, 0.1) is 5.41 Å². The quantitative estimate of drug-likeness (QED) is 0.749. The number of carboxylic acids is 1. The number of oxazole rings is 1. The highest BCUT2D eigenvalue weighted by Crippen LogP contribution is 2.45. The summed E-state index contributed by atoms with van der Waals surface area (Å²) in [7, 11) is 0. The predicted octanol–water partition coefficient (Wildman–Crippen LogP) is 1.08. The number of nitrogens with one attached hydrogen (secondary N) is 2. The standard InChI is InChI=1S/C13H14N2O4/c16-11(17)13(3-4-13)7-14-6-8-1-2-9-10(5-8)19-12(18)15-9/h1-2,5,14H,3-4,6-7H2,(H,15,18)(H,16,17). The van der Waals surface area contributed by atoms with Crippen LogP contribution in [0.3, 0.4) is 0 Å². The van der Waals surface area contributed by atoms with Crippen molar-refractivity contribution >= 4 is 17.1 Å². The topological polar surface area (TPSA) is 95.3 Å². The van der Waals surface area contributed by atoms with Gasteiger partial charge in [-0.25, -0.2) is 4.79 Å². The van der Waals surface area contributed by atoms with Gasteiger partial charge in [-0.15, -0.1) is 0 Å². The van der Waals surface area contributed by atoms with E-state index in [0.29, 0.717) is 24.2 Å². The van der Waals surface area contributed by atoms with Gasteiger partial charge in [-0.05, 0) is 30.5 Å². The summed E-state index contributed by atoms with van der Waals surface area (Å²) in [6, 6.07) is 5.43. The molecule has 1 aromatic carbocycles. The second-order valence-electron chi connectivity index (χ2n) is 5.03. The molecule has 0 spiro atoms. The van der Waals surface area contributed by atoms with Crippen molar-refractivity contribution in [2.24, 2.45) is 5.41 Å². The Kier molecular flexibility index (Phi) is 2.67. The van der Waals surface area contributed by atoms with Gasteiger partial charge in [0.2, 0.25) is 0 Å². The van der Waals surface area contributed by atoms with Crippen molar-refractivity contribution in [2.75, 3.05) is 6.54 Å². The zero-order valence-electron chi connectivity index (χ0n) is 10.2. The summed E-state index contributed by atoms with van der Waals surface area (Å²) in [5.74, 6) is -1.20. The lowest BCUT2D eigenvalue weighted by Crippen LogP contribution is -2.29. The van der Waals surface area contributed by atoms with Crippen LogP contribution < -0.4 is 11.1 Å². The molecule has 0 radical (unpaired) electrons. The average Bonchev–Trinajstić information content (AvgIpc) is 3.05. The molecular formula is C13H14N2O4. The van der Waals surface area contributed by atoms with Gasteiger partial charge in [0.25, 0.3) is 0 Å². The number of aliphatic carboxylic acids is 1. The lowest BCUT2D eigenvalue weighted by atomic mass is 10.1. The van der Waals surface area contributed by atoms with Crippen molar-refractivity contribution in [1.82, 2.24) is 10.3 Å². The normalized spacial score (nSPS) is 16.6. The van der Waals surface area contributed by atoms with Crippen molar-refractivity contribution in [1.29, 1.82) is 0 Å². The van der Waals surface area contributed by atoms with E-state index in [1.807, 2.05) is 6.07 Å². The minimum Gasteiger partial charge on any atom is -0.481 e. The van der Waals surface area contributed by atoms with Gasteiger partial charge >= 0.3 is 11.7 Å². The van der Waals surface area contributed by atoms with Crippen LogP contribution in [0.1, 0.15) is 18.4 Å². The van der Waals surface area contributed by atoms with Crippen LogP contribution in [0.4, 0.5) is 0 Å². The summed E-state index contributed by atoms with van der Waals surface area (Å²) in [6.07, 6.45) is 1.47. The molecular weight excluding hydrogens is 248 g/mol. The summed E-state index contributed by atoms with van der Waals surface area (Å²) in [5, 5.41) is 12.2. The molecule has 0 unspecified atom stereocenters. The Hall–Kier alpha value is -2.08. The lowest BCUT2D eigenvalue weighted by Gasteiger charge is -2.10. The molecule has 1 saturated carbocycles. The van der Waals surface area contributed by atoms with Crippen LogP contribution in [0.2, 0.25) is 0 Å². The molecule has 0 amide bonds. The molecule has 6 heteroatoms. The zero-order valence-corrected chi connectivity index (χ0v) is 10.2. The third-order valence-corrected chi connectivity index (χ3v) is 3.59. The van der Waals surface area contributed by atoms with Crippen LogP contribution in [0.5, 0.6) is 0 Å². The van der Waals surface area contributed by atoms with E-state index in [9.17, 15) is 9.59 Å². The molecule has 6 nitrogen and oxygen atoms in total. The highest BCUT2D eigenvalue weighted by molar-refractivity contribution is 5.78. The van der Waals surface area contributed by atoms with Crippen molar-refractivity contribution in [3.8, 4) is 0 Å². The summed E-state index contributed by atoms with van der Waals surface area (Å²) in [5.41, 5.74) is 1.57. The molecule has 1 aliphatic carbocycles. The summed E-state index contributed by atoms with van der Waals surface area (Å²) in [4.78, 5) is 24.6. The van der Waals surface area contributed by atoms with Crippen LogP contribution in [0.25, 0.3) is 11.1 Å². The molecule has 100 valence electrons. The van der Waals surface area contributed by atoms with E-state index in [0.717, 1.165) is 18.4 Å². The highest BCUT2D eigenvalue weighted by atomic mass is 16.4. The van der Waals surface area contributed by atoms with Crippen molar-refractivity contribution in [3.63, 3.8) is 0 Å². The molecule has 0 saturated heterocycles. The molecule has 3 N–H and O–H groups in total. The maximum absolute atomic E-state index is 11.0. The van der Waals surface area contributed by atoms with E-state index in [4.69, 9.17) is 9.52 Å². The van der Waals surface area contributed by atoms with Gasteiger partial charge in [0.15, 0.2) is 5.58 Å². The number of aromatic amines is 1. The number of carboxylic acid groups (broad SMARTS) is 1. The monoisotopic (exact) mass is 262 g/mol. The van der Waals surface area contributed by atoms with E-state index in [2.05, 4.69) is 10.3 Å². The van der Waals surface area contributed by atoms with Gasteiger partial charge in [-0.2, -0.15) is 0 Å². The van der Waals surface area contributed by atoms with Gasteiger partial charge in [0.05, 0.1) is 10.9 Å². The van der Waals surface area contributed by atoms with Gasteiger partial charge in [0.1, 0.15) is 0 Å². The molecule has 3 rings (SSSR count). The van der Waals surface area contributed by atoms with E-state index < -0.39 is 17.1 Å². The fraction of sp³-hybridized carbons (Fsp3) is 0.385. The number of fused-ring (bicyclic) bond motifs is 1. The average molecular weight is 262 g/mol. The second-order valence-corrected chi connectivity index (χ2v) is 5.03. The fourth-order valence-electron chi connectivity index (χ4n) is 2.16. The number of rotatable bonds is 5. The van der Waals surface area contributed by atoms with Crippen LogP contribution in [-0.4, -0.2) is 22.6 Å². The molecule has 0 atom stereocenters. The first-order valence-electron chi connectivity index (χ1n) is 6.15. The minimum atomic E-state index is -0.730. The SMILES string of the molecule is O=C(O)C1(CNCc2ccc3[nH]c(=O)oc3c2)CC1. The molecule has 1 fully saturated rings. The Labute approximate surface area is 108 Å². The number of carbonyl (C=O) groups is 1. The van der Waals surface area contributed by atoms with Crippen molar-refractivity contribution < 1.29 is 14.3 Å². The smallest absolute Gasteiger partial charge is 0.417 e. The van der Waals surface area contributed by atoms with E-state index >= 15 is 0 Å². The number of H-pyrrole nitrogens is 1. The maximum atomic E-state index is 11.0. The Morgan fingerprint density at radius 2 is 2.26 bits per heavy atom. The van der Waals surface area contributed by atoms with Gasteiger partial charge in [0, 0.05) is 13.1 Å². The molecule has 2 aromatic rings. The number of hydrogen-bond donors (Lipinski definition) is 3. The third kappa shape index (κ3) is 2.26. The summed E-state index contributed by atoms with van der Waals surface area (Å²) < 4.78 is 4.97. The van der Waals surface area contributed by atoms with E-state index in [1.54, 1.807) is 12.1 Å². The largest absolute Gasteiger partial charge is 0.481 e. The minimum absolute atomic E-state index is 0.470. The summed E-state index contributed by atoms with van der Waals surface area (Å²) >= 11 is 0. The van der Waals surface area contributed by atoms with E-state index in [-0.39, 0.29) is 0 Å².